The Morgan fingerprint density at radius 1 is 1.16 bits per heavy atom. The van der Waals surface area contributed by atoms with Gasteiger partial charge in [-0.2, -0.15) is 0 Å². The number of hydrogen-bond donors (Lipinski definition) is 3. The van der Waals surface area contributed by atoms with Crippen LogP contribution >= 0.6 is 0 Å². The fourth-order valence-corrected chi connectivity index (χ4v) is 2.62. The molecule has 128 valence electrons. The Hall–Kier alpha value is -2.99. The van der Waals surface area contributed by atoms with E-state index in [-0.39, 0.29) is 5.82 Å². The van der Waals surface area contributed by atoms with Crippen LogP contribution in [0, 0.1) is 5.82 Å². The summed E-state index contributed by atoms with van der Waals surface area (Å²) < 4.78 is 13.0. The van der Waals surface area contributed by atoms with Crippen LogP contribution in [0.5, 0.6) is 0 Å². The van der Waals surface area contributed by atoms with E-state index in [4.69, 9.17) is 0 Å². The van der Waals surface area contributed by atoms with Crippen molar-refractivity contribution in [2.45, 2.75) is 19.1 Å². The Bertz CT molecular complexity index is 878. The molecule has 3 N–H and O–H groups in total. The summed E-state index contributed by atoms with van der Waals surface area (Å²) in [6.07, 6.45) is 2.44. The Morgan fingerprint density at radius 2 is 1.92 bits per heavy atom. The summed E-state index contributed by atoms with van der Waals surface area (Å²) in [7, 11) is 0. The van der Waals surface area contributed by atoms with E-state index in [1.165, 1.54) is 24.3 Å². The zero-order valence-corrected chi connectivity index (χ0v) is 13.6. The van der Waals surface area contributed by atoms with E-state index in [1.807, 2.05) is 18.2 Å². The maximum Gasteiger partial charge on any atom is 0.319 e. The van der Waals surface area contributed by atoms with Crippen molar-refractivity contribution in [1.29, 1.82) is 0 Å². The van der Waals surface area contributed by atoms with Crippen LogP contribution in [-0.2, 0) is 0 Å². The van der Waals surface area contributed by atoms with E-state index in [9.17, 15) is 14.3 Å². The number of benzene rings is 2. The second-order valence-corrected chi connectivity index (χ2v) is 5.79. The number of aliphatic hydroxyl groups excluding tert-OH is 1. The molecule has 0 bridgehead atoms. The van der Waals surface area contributed by atoms with Gasteiger partial charge >= 0.3 is 6.03 Å². The largest absolute Gasteiger partial charge is 0.386 e. The SMILES string of the molecule is C[C@H](NC(=O)Nc1cccc2cnccc12)[C@@H](O)c1ccc(F)cc1. The van der Waals surface area contributed by atoms with Crippen molar-refractivity contribution in [3.8, 4) is 0 Å². The summed E-state index contributed by atoms with van der Waals surface area (Å²) in [4.78, 5) is 16.3. The lowest BCUT2D eigenvalue weighted by Crippen LogP contribution is -2.39. The van der Waals surface area contributed by atoms with Crippen LogP contribution in [0.3, 0.4) is 0 Å². The molecule has 1 heterocycles. The fraction of sp³-hybridized carbons (Fsp3) is 0.158. The molecule has 3 rings (SSSR count). The third kappa shape index (κ3) is 3.92. The lowest BCUT2D eigenvalue weighted by molar-refractivity contribution is 0.139. The first kappa shape index (κ1) is 16.9. The highest BCUT2D eigenvalue weighted by Gasteiger charge is 2.18. The molecule has 0 aliphatic rings. The van der Waals surface area contributed by atoms with Crippen LogP contribution in [-0.4, -0.2) is 22.2 Å². The van der Waals surface area contributed by atoms with Crippen LogP contribution < -0.4 is 10.6 Å². The van der Waals surface area contributed by atoms with Gasteiger partial charge in [0.2, 0.25) is 0 Å². The number of urea groups is 1. The number of halogens is 1. The third-order valence-corrected chi connectivity index (χ3v) is 3.97. The van der Waals surface area contributed by atoms with Gasteiger partial charge in [0.15, 0.2) is 0 Å². The van der Waals surface area contributed by atoms with Gasteiger partial charge in [-0.15, -0.1) is 0 Å². The van der Waals surface area contributed by atoms with Gasteiger partial charge in [0.1, 0.15) is 5.82 Å². The molecule has 0 saturated heterocycles. The Kier molecular flexibility index (Phi) is 4.90. The van der Waals surface area contributed by atoms with Crippen molar-refractivity contribution in [3.05, 3.63) is 72.3 Å². The van der Waals surface area contributed by atoms with Crippen LogP contribution in [0.25, 0.3) is 10.8 Å². The number of carbonyl (C=O) groups excluding carboxylic acids is 1. The van der Waals surface area contributed by atoms with E-state index < -0.39 is 18.2 Å². The molecule has 6 heteroatoms. The molecule has 2 amide bonds. The highest BCUT2D eigenvalue weighted by atomic mass is 19.1. The second kappa shape index (κ2) is 7.27. The summed E-state index contributed by atoms with van der Waals surface area (Å²) in [5.41, 5.74) is 1.19. The molecule has 3 aromatic rings. The first-order chi connectivity index (χ1) is 12.0. The second-order valence-electron chi connectivity index (χ2n) is 5.79. The lowest BCUT2D eigenvalue weighted by Gasteiger charge is -2.21. The molecule has 2 atom stereocenters. The number of hydrogen-bond acceptors (Lipinski definition) is 3. The van der Waals surface area contributed by atoms with Gasteiger partial charge in [-0.05, 0) is 36.8 Å². The van der Waals surface area contributed by atoms with Crippen LogP contribution in [0.1, 0.15) is 18.6 Å². The van der Waals surface area contributed by atoms with Crippen molar-refractivity contribution in [2.24, 2.45) is 0 Å². The predicted molar refractivity (Wildman–Crippen MR) is 94.7 cm³/mol. The number of nitrogens with one attached hydrogen (secondary N) is 2. The van der Waals surface area contributed by atoms with E-state index >= 15 is 0 Å². The number of fused-ring (bicyclic) bond motifs is 1. The summed E-state index contributed by atoms with van der Waals surface area (Å²) in [6.45, 7) is 1.68. The van der Waals surface area contributed by atoms with Crippen LogP contribution in [0.4, 0.5) is 14.9 Å². The quantitative estimate of drug-likeness (QED) is 0.680. The summed E-state index contributed by atoms with van der Waals surface area (Å²) in [5, 5.41) is 17.6. The van der Waals surface area contributed by atoms with E-state index in [0.29, 0.717) is 11.3 Å². The van der Waals surface area contributed by atoms with E-state index in [2.05, 4.69) is 15.6 Å². The minimum absolute atomic E-state index is 0.375. The molecule has 25 heavy (non-hydrogen) atoms. The fourth-order valence-electron chi connectivity index (χ4n) is 2.62. The standard InChI is InChI=1S/C19H18FN3O2/c1-12(18(24)13-5-7-15(20)8-6-13)22-19(25)23-17-4-2-3-14-11-21-10-9-16(14)17/h2-12,18,24H,1H3,(H2,22,23,25)/t12-,18+/m0/s1. The van der Waals surface area contributed by atoms with Gasteiger partial charge in [0.05, 0.1) is 17.8 Å². The average molecular weight is 339 g/mol. The molecule has 0 unspecified atom stereocenters. The molecular weight excluding hydrogens is 321 g/mol. The number of aliphatic hydroxyl groups is 1. The van der Waals surface area contributed by atoms with Gasteiger partial charge in [0, 0.05) is 23.2 Å². The van der Waals surface area contributed by atoms with Crippen molar-refractivity contribution in [1.82, 2.24) is 10.3 Å². The summed E-state index contributed by atoms with van der Waals surface area (Å²) >= 11 is 0. The molecule has 0 aliphatic heterocycles. The zero-order chi connectivity index (χ0) is 17.8. The minimum Gasteiger partial charge on any atom is -0.386 e. The van der Waals surface area contributed by atoms with E-state index in [1.54, 1.807) is 25.4 Å². The maximum atomic E-state index is 13.0. The topological polar surface area (TPSA) is 74.2 Å². The van der Waals surface area contributed by atoms with Crippen molar-refractivity contribution in [2.75, 3.05) is 5.32 Å². The predicted octanol–water partition coefficient (Wildman–Crippen LogP) is 3.62. The van der Waals surface area contributed by atoms with Crippen LogP contribution in [0.2, 0.25) is 0 Å². The number of pyridine rings is 1. The molecule has 5 nitrogen and oxygen atoms in total. The lowest BCUT2D eigenvalue weighted by atomic mass is 10.0. The molecule has 0 saturated carbocycles. The highest BCUT2D eigenvalue weighted by molar-refractivity contribution is 6.01. The molecule has 0 radical (unpaired) electrons. The van der Waals surface area contributed by atoms with Gasteiger partial charge < -0.3 is 15.7 Å². The smallest absolute Gasteiger partial charge is 0.319 e. The molecule has 2 aromatic carbocycles. The highest BCUT2D eigenvalue weighted by Crippen LogP contribution is 2.22. The van der Waals surface area contributed by atoms with Gasteiger partial charge in [0.25, 0.3) is 0 Å². The monoisotopic (exact) mass is 339 g/mol. The Labute approximate surface area is 144 Å². The molecule has 0 spiro atoms. The first-order valence-corrected chi connectivity index (χ1v) is 7.88. The average Bonchev–Trinajstić information content (AvgIpc) is 2.62. The number of carbonyl (C=O) groups is 1. The van der Waals surface area contributed by atoms with Crippen molar-refractivity contribution in [3.63, 3.8) is 0 Å². The molecule has 0 fully saturated rings. The Balaban J connectivity index is 1.68. The number of rotatable bonds is 4. The number of amides is 2. The van der Waals surface area contributed by atoms with Gasteiger partial charge in [-0.1, -0.05) is 24.3 Å². The normalized spacial score (nSPS) is 13.2. The van der Waals surface area contributed by atoms with Gasteiger partial charge in [-0.25, -0.2) is 9.18 Å². The molecule has 1 aromatic heterocycles. The Morgan fingerprint density at radius 3 is 2.68 bits per heavy atom. The number of aromatic nitrogens is 1. The summed E-state index contributed by atoms with van der Waals surface area (Å²) in [6, 6.07) is 11.9. The van der Waals surface area contributed by atoms with E-state index in [0.717, 1.165) is 10.8 Å². The molecular formula is C19H18FN3O2. The third-order valence-electron chi connectivity index (χ3n) is 3.97. The minimum atomic E-state index is -0.942. The van der Waals surface area contributed by atoms with Crippen molar-refractivity contribution < 1.29 is 14.3 Å². The van der Waals surface area contributed by atoms with Crippen molar-refractivity contribution >= 4 is 22.5 Å². The van der Waals surface area contributed by atoms with Crippen LogP contribution in [0.15, 0.2) is 60.9 Å². The molecule has 0 aliphatic carbocycles. The zero-order valence-electron chi connectivity index (χ0n) is 13.6. The first-order valence-electron chi connectivity index (χ1n) is 7.88. The number of anilines is 1. The maximum absolute atomic E-state index is 13.0. The number of nitrogens with zero attached hydrogens (tertiary/aromatic N) is 1. The van der Waals surface area contributed by atoms with Gasteiger partial charge in [-0.3, -0.25) is 4.98 Å². The summed E-state index contributed by atoms with van der Waals surface area (Å²) in [5.74, 6) is -0.375.